The van der Waals surface area contributed by atoms with Crippen molar-refractivity contribution >= 4 is 15.7 Å². The standard InChI is InChI=1S/C22H30N2O2S/c1-18(2)22(19-11-6-4-7-12-19,20-13-10-16-23-17-20)24(27(3,25)26)21-14-8-5-9-15-21/h4-9,11-12,14-15,18,20,23H,10,13,16-17H2,1-3H3. The molecule has 4 nitrogen and oxygen atoms in total. The maximum atomic E-state index is 13.2. The Hall–Kier alpha value is -1.85. The van der Waals surface area contributed by atoms with Crippen LogP contribution in [0, 0.1) is 11.8 Å². The molecule has 0 bridgehead atoms. The normalized spacial score (nSPS) is 20.2. The number of nitrogens with one attached hydrogen (secondary N) is 1. The molecule has 1 aliphatic rings. The molecule has 3 rings (SSSR count). The predicted molar refractivity (Wildman–Crippen MR) is 112 cm³/mol. The Kier molecular flexibility index (Phi) is 5.92. The van der Waals surface area contributed by atoms with Gasteiger partial charge >= 0.3 is 0 Å². The molecule has 5 heteroatoms. The number of piperidine rings is 1. The molecule has 2 aromatic rings. The highest BCUT2D eigenvalue weighted by Gasteiger charge is 2.51. The summed E-state index contributed by atoms with van der Waals surface area (Å²) in [4.78, 5) is 0. The van der Waals surface area contributed by atoms with Gasteiger partial charge < -0.3 is 5.32 Å². The minimum atomic E-state index is -3.51. The van der Waals surface area contributed by atoms with E-state index in [4.69, 9.17) is 0 Å². The van der Waals surface area contributed by atoms with E-state index in [1.807, 2.05) is 48.5 Å². The third kappa shape index (κ3) is 3.76. The zero-order valence-corrected chi connectivity index (χ0v) is 17.2. The summed E-state index contributed by atoms with van der Waals surface area (Å²) in [5, 5.41) is 3.50. The molecular weight excluding hydrogens is 356 g/mol. The Morgan fingerprint density at radius 2 is 1.63 bits per heavy atom. The van der Waals surface area contributed by atoms with Crippen LogP contribution in [0.25, 0.3) is 0 Å². The van der Waals surface area contributed by atoms with Crippen LogP contribution in [0.3, 0.4) is 0 Å². The maximum Gasteiger partial charge on any atom is 0.233 e. The third-order valence-corrected chi connectivity index (χ3v) is 6.87. The topological polar surface area (TPSA) is 49.4 Å². The van der Waals surface area contributed by atoms with Gasteiger partial charge in [0, 0.05) is 12.5 Å². The zero-order chi connectivity index (χ0) is 19.5. The summed E-state index contributed by atoms with van der Waals surface area (Å²) in [6.07, 6.45) is 3.38. The largest absolute Gasteiger partial charge is 0.316 e. The van der Waals surface area contributed by atoms with E-state index in [0.717, 1.165) is 37.2 Å². The number of nitrogens with zero attached hydrogens (tertiary/aromatic N) is 1. The van der Waals surface area contributed by atoms with Gasteiger partial charge in [0.2, 0.25) is 10.0 Å². The molecule has 0 aromatic heterocycles. The van der Waals surface area contributed by atoms with Crippen molar-refractivity contribution in [2.24, 2.45) is 11.8 Å². The summed E-state index contributed by atoms with van der Waals surface area (Å²) in [5.74, 6) is 0.281. The number of rotatable bonds is 6. The molecule has 0 spiro atoms. The van der Waals surface area contributed by atoms with Crippen molar-refractivity contribution in [1.82, 2.24) is 5.32 Å². The van der Waals surface area contributed by atoms with Gasteiger partial charge in [0.1, 0.15) is 0 Å². The second-order valence-corrected chi connectivity index (χ2v) is 9.58. The average molecular weight is 387 g/mol. The number of hydrogen-bond acceptors (Lipinski definition) is 3. The lowest BCUT2D eigenvalue weighted by Crippen LogP contribution is -2.60. The summed E-state index contributed by atoms with van der Waals surface area (Å²) in [6, 6.07) is 19.7. The molecular formula is C22H30N2O2S. The van der Waals surface area contributed by atoms with E-state index in [2.05, 4.69) is 31.3 Å². The van der Waals surface area contributed by atoms with Crippen LogP contribution in [0.15, 0.2) is 60.7 Å². The molecule has 1 aliphatic heterocycles. The van der Waals surface area contributed by atoms with Crippen molar-refractivity contribution in [3.8, 4) is 0 Å². The second kappa shape index (κ2) is 8.03. The van der Waals surface area contributed by atoms with Crippen molar-refractivity contribution in [2.75, 3.05) is 23.7 Å². The smallest absolute Gasteiger partial charge is 0.233 e. The third-order valence-electron chi connectivity index (χ3n) is 5.69. The molecule has 0 amide bonds. The molecule has 1 N–H and O–H groups in total. The molecule has 146 valence electrons. The van der Waals surface area contributed by atoms with Gasteiger partial charge in [-0.15, -0.1) is 0 Å². The lowest BCUT2D eigenvalue weighted by atomic mass is 9.67. The van der Waals surface area contributed by atoms with Gasteiger partial charge in [-0.25, -0.2) is 8.42 Å². The van der Waals surface area contributed by atoms with Crippen LogP contribution in [-0.2, 0) is 15.6 Å². The first kappa shape index (κ1) is 19.9. The van der Waals surface area contributed by atoms with Gasteiger partial charge in [-0.3, -0.25) is 4.31 Å². The van der Waals surface area contributed by atoms with E-state index in [1.54, 1.807) is 4.31 Å². The van der Waals surface area contributed by atoms with Crippen molar-refractivity contribution < 1.29 is 8.42 Å². The van der Waals surface area contributed by atoms with Crippen LogP contribution in [0.5, 0.6) is 0 Å². The molecule has 1 fully saturated rings. The Morgan fingerprint density at radius 3 is 2.11 bits per heavy atom. The first-order valence-electron chi connectivity index (χ1n) is 9.70. The molecule has 0 saturated carbocycles. The Morgan fingerprint density at radius 1 is 1.04 bits per heavy atom. The van der Waals surface area contributed by atoms with Crippen molar-refractivity contribution in [3.05, 3.63) is 66.2 Å². The summed E-state index contributed by atoms with van der Waals surface area (Å²) in [7, 11) is -3.51. The van der Waals surface area contributed by atoms with Crippen LogP contribution in [0.4, 0.5) is 5.69 Å². The molecule has 1 heterocycles. The molecule has 0 radical (unpaired) electrons. The SMILES string of the molecule is CC(C)C(c1ccccc1)(C1CCCNC1)N(c1ccccc1)S(C)(=O)=O. The van der Waals surface area contributed by atoms with E-state index < -0.39 is 15.6 Å². The van der Waals surface area contributed by atoms with Crippen molar-refractivity contribution in [3.63, 3.8) is 0 Å². The quantitative estimate of drug-likeness (QED) is 0.816. The fraction of sp³-hybridized carbons (Fsp3) is 0.455. The average Bonchev–Trinajstić information content (AvgIpc) is 2.67. The number of hydrogen-bond donors (Lipinski definition) is 1. The molecule has 2 atom stereocenters. The maximum absolute atomic E-state index is 13.2. The summed E-state index contributed by atoms with van der Waals surface area (Å²) in [5.41, 5.74) is 1.13. The Balaban J connectivity index is 2.32. The van der Waals surface area contributed by atoms with Crippen LogP contribution in [0.1, 0.15) is 32.3 Å². The summed E-state index contributed by atoms with van der Waals surface area (Å²) < 4.78 is 28.1. The first-order valence-corrected chi connectivity index (χ1v) is 11.5. The number of para-hydroxylation sites is 1. The van der Waals surface area contributed by atoms with E-state index >= 15 is 0 Å². The molecule has 27 heavy (non-hydrogen) atoms. The number of sulfonamides is 1. The summed E-state index contributed by atoms with van der Waals surface area (Å²) >= 11 is 0. The fourth-order valence-corrected chi connectivity index (χ4v) is 6.25. The second-order valence-electron chi connectivity index (χ2n) is 7.75. The minimum Gasteiger partial charge on any atom is -0.316 e. The Labute approximate surface area is 163 Å². The van der Waals surface area contributed by atoms with Gasteiger partial charge in [0.15, 0.2) is 0 Å². The van der Waals surface area contributed by atoms with E-state index in [1.165, 1.54) is 6.26 Å². The monoisotopic (exact) mass is 386 g/mol. The molecule has 0 aliphatic carbocycles. The van der Waals surface area contributed by atoms with Gasteiger partial charge in [0.25, 0.3) is 0 Å². The van der Waals surface area contributed by atoms with E-state index in [0.29, 0.717) is 0 Å². The molecule has 1 saturated heterocycles. The van der Waals surface area contributed by atoms with Crippen LogP contribution in [0.2, 0.25) is 0 Å². The molecule has 2 unspecified atom stereocenters. The zero-order valence-electron chi connectivity index (χ0n) is 16.4. The summed E-state index contributed by atoms with van der Waals surface area (Å²) in [6.45, 7) is 6.08. The first-order chi connectivity index (χ1) is 12.9. The Bertz CT molecular complexity index is 831. The van der Waals surface area contributed by atoms with Gasteiger partial charge in [0.05, 0.1) is 17.5 Å². The highest BCUT2D eigenvalue weighted by atomic mass is 32.2. The number of anilines is 1. The van der Waals surface area contributed by atoms with Crippen molar-refractivity contribution in [2.45, 2.75) is 32.2 Å². The lowest BCUT2D eigenvalue weighted by Gasteiger charge is -2.53. The van der Waals surface area contributed by atoms with E-state index in [9.17, 15) is 8.42 Å². The van der Waals surface area contributed by atoms with Gasteiger partial charge in [-0.2, -0.15) is 0 Å². The minimum absolute atomic E-state index is 0.0970. The van der Waals surface area contributed by atoms with E-state index in [-0.39, 0.29) is 11.8 Å². The molecule has 2 aromatic carbocycles. The number of benzene rings is 2. The van der Waals surface area contributed by atoms with Gasteiger partial charge in [-0.1, -0.05) is 62.4 Å². The van der Waals surface area contributed by atoms with Crippen LogP contribution >= 0.6 is 0 Å². The van der Waals surface area contributed by atoms with Crippen LogP contribution < -0.4 is 9.62 Å². The predicted octanol–water partition coefficient (Wildman–Crippen LogP) is 4.00. The van der Waals surface area contributed by atoms with Crippen LogP contribution in [-0.4, -0.2) is 27.8 Å². The highest BCUT2D eigenvalue weighted by molar-refractivity contribution is 7.92. The van der Waals surface area contributed by atoms with Crippen molar-refractivity contribution in [1.29, 1.82) is 0 Å². The highest BCUT2D eigenvalue weighted by Crippen LogP contribution is 2.48. The fourth-order valence-electron chi connectivity index (χ4n) is 4.73. The van der Waals surface area contributed by atoms with Gasteiger partial charge in [-0.05, 0) is 43.0 Å². The lowest BCUT2D eigenvalue weighted by molar-refractivity contribution is 0.167.